The number of nitrogens with one attached hydrogen (secondary N) is 2. The first kappa shape index (κ1) is 24.2. The molecule has 0 saturated heterocycles. The summed E-state index contributed by atoms with van der Waals surface area (Å²) >= 11 is 0. The zero-order valence-electron chi connectivity index (χ0n) is 20.2. The third kappa shape index (κ3) is 3.86. The Hall–Kier alpha value is -4.86. The predicted octanol–water partition coefficient (Wildman–Crippen LogP) is 9.00. The number of H-pyrrole nitrogens is 2. The van der Waals surface area contributed by atoms with Crippen molar-refractivity contribution in [1.29, 1.82) is 0 Å². The van der Waals surface area contributed by atoms with Crippen LogP contribution in [0.5, 0.6) is 0 Å². The van der Waals surface area contributed by atoms with Crippen LogP contribution in [0.4, 0.5) is 26.3 Å². The van der Waals surface area contributed by atoms with Gasteiger partial charge >= 0.3 is 12.4 Å². The minimum absolute atomic E-state index is 0.0968. The highest BCUT2D eigenvalue weighted by Gasteiger charge is 2.43. The van der Waals surface area contributed by atoms with E-state index in [2.05, 4.69) is 19.9 Å². The summed E-state index contributed by atoms with van der Waals surface area (Å²) in [6.45, 7) is 0. The number of halogens is 6. The first-order valence-corrected chi connectivity index (χ1v) is 12.2. The van der Waals surface area contributed by atoms with E-state index in [-0.39, 0.29) is 22.2 Å². The molecular formula is C30H16F6N4. The van der Waals surface area contributed by atoms with Gasteiger partial charge in [-0.05, 0) is 60.7 Å². The van der Waals surface area contributed by atoms with E-state index >= 15 is 0 Å². The molecule has 2 aromatic carbocycles. The second-order valence-corrected chi connectivity index (χ2v) is 9.49. The van der Waals surface area contributed by atoms with Crippen molar-refractivity contribution in [2.45, 2.75) is 12.4 Å². The van der Waals surface area contributed by atoms with Gasteiger partial charge in [0.15, 0.2) is 0 Å². The summed E-state index contributed by atoms with van der Waals surface area (Å²) in [5.74, 6) is 0. The van der Waals surface area contributed by atoms with Crippen molar-refractivity contribution in [2.75, 3.05) is 0 Å². The van der Waals surface area contributed by atoms with Crippen LogP contribution in [0.15, 0.2) is 60.7 Å². The first-order chi connectivity index (χ1) is 19.1. The highest BCUT2D eigenvalue weighted by molar-refractivity contribution is 6.05. The molecule has 40 heavy (non-hydrogen) atoms. The predicted molar refractivity (Wildman–Crippen MR) is 144 cm³/mol. The topological polar surface area (TPSA) is 57.4 Å². The van der Waals surface area contributed by atoms with Crippen molar-refractivity contribution in [2.24, 2.45) is 0 Å². The zero-order chi connectivity index (χ0) is 27.8. The van der Waals surface area contributed by atoms with Crippen molar-refractivity contribution in [1.82, 2.24) is 19.9 Å². The molecule has 2 N–H and O–H groups in total. The maximum atomic E-state index is 13.9. The minimum Gasteiger partial charge on any atom is -0.353 e. The van der Waals surface area contributed by atoms with Gasteiger partial charge in [-0.15, -0.1) is 0 Å². The third-order valence-corrected chi connectivity index (χ3v) is 7.03. The molecule has 0 unspecified atom stereocenters. The summed E-state index contributed by atoms with van der Waals surface area (Å²) in [7, 11) is 0. The number of aromatic amines is 2. The highest BCUT2D eigenvalue weighted by Crippen LogP contribution is 2.43. The average Bonchev–Trinajstić information content (AvgIpc) is 3.72. The molecule has 0 atom stereocenters. The maximum absolute atomic E-state index is 13.9. The van der Waals surface area contributed by atoms with Crippen molar-refractivity contribution in [3.63, 3.8) is 0 Å². The molecule has 3 aromatic heterocycles. The standard InChI is InChI=1S/C30H16F6N4/c31-29(32,33)19-13-17-18(14-20(19)30(34,35)36)24-8-12-28(40-24)26-10-6-22(38-26)16-4-2-1-3-15(16)21-5-9-25(37-21)27-11-7-23(17)39-27/h1-14,37-38H. The Kier molecular flexibility index (Phi) is 5.03. The minimum atomic E-state index is -5.24. The van der Waals surface area contributed by atoms with E-state index in [1.54, 1.807) is 24.3 Å². The second kappa shape index (κ2) is 8.32. The molecular weight excluding hydrogens is 530 g/mol. The SMILES string of the molecule is FC(F)(F)c1cc2c3nc(c4ccc([nH]4)c4ccccc4c4ccc([nH]4)c4nc(c2cc1C(F)(F)F)C=C4)C=C3. The van der Waals surface area contributed by atoms with Crippen LogP contribution >= 0.6 is 0 Å². The Morgan fingerprint density at radius 3 is 1.23 bits per heavy atom. The van der Waals surface area contributed by atoms with E-state index in [1.165, 1.54) is 12.2 Å². The van der Waals surface area contributed by atoms with Crippen LogP contribution in [0.1, 0.15) is 33.9 Å². The van der Waals surface area contributed by atoms with E-state index in [0.717, 1.165) is 21.8 Å². The molecule has 198 valence electrons. The molecule has 7 rings (SSSR count). The highest BCUT2D eigenvalue weighted by atomic mass is 19.4. The van der Waals surface area contributed by atoms with Crippen LogP contribution in [0.25, 0.3) is 67.9 Å². The van der Waals surface area contributed by atoms with E-state index in [1.807, 2.05) is 36.4 Å². The van der Waals surface area contributed by atoms with Crippen molar-refractivity contribution in [3.8, 4) is 0 Å². The van der Waals surface area contributed by atoms with Gasteiger partial charge < -0.3 is 9.97 Å². The molecule has 10 heteroatoms. The summed E-state index contributed by atoms with van der Waals surface area (Å²) in [6.07, 6.45) is -4.26. The van der Waals surface area contributed by atoms with Crippen LogP contribution in [0, 0.1) is 0 Å². The summed E-state index contributed by atoms with van der Waals surface area (Å²) < 4.78 is 83.4. The Balaban J connectivity index is 1.70. The van der Waals surface area contributed by atoms with E-state index in [9.17, 15) is 26.3 Å². The number of alkyl halides is 6. The van der Waals surface area contributed by atoms with Gasteiger partial charge in [-0.1, -0.05) is 24.3 Å². The quantitative estimate of drug-likeness (QED) is 0.187. The fraction of sp³-hybridized carbons (Fsp3) is 0.0667. The lowest BCUT2D eigenvalue weighted by Crippen LogP contribution is -2.16. The van der Waals surface area contributed by atoms with Gasteiger partial charge in [0.2, 0.25) is 0 Å². The van der Waals surface area contributed by atoms with Crippen LogP contribution in [0.2, 0.25) is 0 Å². The lowest BCUT2D eigenvalue weighted by Gasteiger charge is -2.16. The normalized spacial score (nSPS) is 13.6. The lowest BCUT2D eigenvalue weighted by molar-refractivity contribution is -0.161. The average molecular weight is 546 g/mol. The van der Waals surface area contributed by atoms with Gasteiger partial charge in [0, 0.05) is 32.6 Å². The second-order valence-electron chi connectivity index (χ2n) is 9.49. The first-order valence-electron chi connectivity index (χ1n) is 12.2. The molecule has 2 aliphatic heterocycles. The molecule has 0 amide bonds. The monoisotopic (exact) mass is 546 g/mol. The van der Waals surface area contributed by atoms with Gasteiger partial charge in [-0.2, -0.15) is 26.3 Å². The Bertz CT molecular complexity index is 1940. The number of hydrogen-bond donors (Lipinski definition) is 2. The lowest BCUT2D eigenvalue weighted by atomic mass is 9.98. The molecule has 4 nitrogen and oxygen atoms in total. The number of aromatic nitrogens is 4. The van der Waals surface area contributed by atoms with Gasteiger partial charge in [-0.3, -0.25) is 0 Å². The van der Waals surface area contributed by atoms with E-state index in [4.69, 9.17) is 0 Å². The van der Waals surface area contributed by atoms with Crippen LogP contribution in [-0.4, -0.2) is 19.9 Å². The molecule has 0 fully saturated rings. The molecule has 0 radical (unpaired) electrons. The number of nitrogens with zero attached hydrogens (tertiary/aromatic N) is 2. The van der Waals surface area contributed by atoms with Crippen molar-refractivity contribution in [3.05, 3.63) is 94.6 Å². The van der Waals surface area contributed by atoms with Gasteiger partial charge in [0.25, 0.3) is 0 Å². The largest absolute Gasteiger partial charge is 0.417 e. The summed E-state index contributed by atoms with van der Waals surface area (Å²) in [4.78, 5) is 15.7. The molecule has 0 aliphatic carbocycles. The van der Waals surface area contributed by atoms with Crippen molar-refractivity contribution >= 4 is 67.9 Å². The Morgan fingerprint density at radius 1 is 0.450 bits per heavy atom. The number of fused-ring (bicyclic) bond motifs is 16. The van der Waals surface area contributed by atoms with Crippen LogP contribution < -0.4 is 0 Å². The molecule has 5 aromatic rings. The molecule has 5 heterocycles. The van der Waals surface area contributed by atoms with E-state index in [0.29, 0.717) is 34.6 Å². The fourth-order valence-electron chi connectivity index (χ4n) is 5.17. The van der Waals surface area contributed by atoms with Crippen molar-refractivity contribution < 1.29 is 26.3 Å². The zero-order valence-corrected chi connectivity index (χ0v) is 20.2. The molecule has 0 saturated carbocycles. The molecule has 2 aliphatic rings. The third-order valence-electron chi connectivity index (χ3n) is 7.03. The molecule has 0 spiro atoms. The Morgan fingerprint density at radius 2 is 0.825 bits per heavy atom. The number of benzene rings is 2. The van der Waals surface area contributed by atoms with Gasteiger partial charge in [0.1, 0.15) is 0 Å². The smallest absolute Gasteiger partial charge is 0.353 e. The van der Waals surface area contributed by atoms with E-state index < -0.39 is 23.5 Å². The van der Waals surface area contributed by atoms with Gasteiger partial charge in [0.05, 0.1) is 44.9 Å². The van der Waals surface area contributed by atoms with Crippen LogP contribution in [-0.2, 0) is 12.4 Å². The fourth-order valence-corrected chi connectivity index (χ4v) is 5.17. The van der Waals surface area contributed by atoms with Gasteiger partial charge in [-0.25, -0.2) is 9.97 Å². The summed E-state index contributed by atoms with van der Waals surface area (Å²) in [5, 5.41) is 1.62. The summed E-state index contributed by atoms with van der Waals surface area (Å²) in [6, 6.07) is 16.1. The Labute approximate surface area is 221 Å². The van der Waals surface area contributed by atoms with Crippen LogP contribution in [0.3, 0.4) is 0 Å². The molecule has 8 bridgehead atoms. The number of hydrogen-bond acceptors (Lipinski definition) is 2. The maximum Gasteiger partial charge on any atom is 0.417 e. The number of rotatable bonds is 0. The summed E-state index contributed by atoms with van der Waals surface area (Å²) in [5.41, 5.74) is 0.297.